The summed E-state index contributed by atoms with van der Waals surface area (Å²) < 4.78 is 21.8. The number of aromatic nitrogens is 1. The number of nitrogens with one attached hydrogen (secondary N) is 2. The van der Waals surface area contributed by atoms with E-state index in [1.807, 2.05) is 91.0 Å². The number of para-hydroxylation sites is 1. The Labute approximate surface area is 405 Å². The molecule has 1 saturated heterocycles. The van der Waals surface area contributed by atoms with Crippen LogP contribution < -0.4 is 24.8 Å². The van der Waals surface area contributed by atoms with Crippen LogP contribution in [0, 0.1) is 0 Å². The average molecular weight is 964 g/mol. The molecule has 2 atom stereocenters. The second-order valence-corrected chi connectivity index (χ2v) is 17.5. The van der Waals surface area contributed by atoms with Crippen LogP contribution in [0.3, 0.4) is 0 Å². The van der Waals surface area contributed by atoms with Crippen LogP contribution in [-0.4, -0.2) is 76.7 Å². The van der Waals surface area contributed by atoms with Crippen molar-refractivity contribution in [3.63, 3.8) is 0 Å². The van der Waals surface area contributed by atoms with Gasteiger partial charge in [0.1, 0.15) is 47.8 Å². The molecule has 69 heavy (non-hydrogen) atoms. The van der Waals surface area contributed by atoms with Crippen LogP contribution >= 0.6 is 23.1 Å². The molecule has 3 heterocycles. The van der Waals surface area contributed by atoms with Gasteiger partial charge in [-0.1, -0.05) is 133 Å². The Morgan fingerprint density at radius 2 is 1.42 bits per heavy atom. The van der Waals surface area contributed by atoms with Gasteiger partial charge in [0.05, 0.1) is 7.11 Å². The number of anilines is 1. The van der Waals surface area contributed by atoms with Crippen LogP contribution in [0.2, 0.25) is 0 Å². The van der Waals surface area contributed by atoms with E-state index >= 15 is 0 Å². The van der Waals surface area contributed by atoms with E-state index in [9.17, 15) is 24.0 Å². The number of carbonyl (C=O) groups is 5. The number of benzene rings is 5. The summed E-state index contributed by atoms with van der Waals surface area (Å²) in [6, 6.07) is 40.6. The Kier molecular flexibility index (Phi) is 14.7. The second-order valence-electron chi connectivity index (χ2n) is 15.5. The van der Waals surface area contributed by atoms with Crippen LogP contribution in [0.5, 0.6) is 17.2 Å². The molecule has 2 N–H and O–H groups in total. The predicted octanol–water partition coefficient (Wildman–Crippen LogP) is 7.87. The van der Waals surface area contributed by atoms with Gasteiger partial charge in [0.2, 0.25) is 0 Å². The van der Waals surface area contributed by atoms with Crippen LogP contribution in [0.25, 0.3) is 6.08 Å². The topological polar surface area (TPSA) is 184 Å². The molecule has 5 aromatic carbocycles. The molecule has 17 heteroatoms. The summed E-state index contributed by atoms with van der Waals surface area (Å²) in [6.45, 7) is 2.32. The van der Waals surface area contributed by atoms with Crippen molar-refractivity contribution in [1.82, 2.24) is 15.2 Å². The fourth-order valence-corrected chi connectivity index (χ4v) is 10.00. The Morgan fingerprint density at radius 3 is 2.00 bits per heavy atom. The van der Waals surface area contributed by atoms with Gasteiger partial charge < -0.3 is 34.4 Å². The van der Waals surface area contributed by atoms with Crippen molar-refractivity contribution in [2.45, 2.75) is 37.4 Å². The van der Waals surface area contributed by atoms with E-state index in [4.69, 9.17) is 28.8 Å². The number of carbonyl (C=O) groups excluding carboxylic acids is 5. The van der Waals surface area contributed by atoms with Gasteiger partial charge in [0, 0.05) is 30.5 Å². The number of oxime groups is 1. The highest BCUT2D eigenvalue weighted by Crippen LogP contribution is 2.43. The summed E-state index contributed by atoms with van der Waals surface area (Å²) in [6.07, 6.45) is 3.18. The lowest BCUT2D eigenvalue weighted by molar-refractivity contribution is -0.153. The maximum atomic E-state index is 14.2. The molecule has 2 amide bonds. The fraction of sp³-hybridized carbons (Fsp3) is 0.173. The summed E-state index contributed by atoms with van der Waals surface area (Å²) in [7, 11) is 2.85. The van der Waals surface area contributed by atoms with Crippen molar-refractivity contribution in [2.24, 2.45) is 5.16 Å². The Bertz CT molecular complexity index is 2860. The number of rotatable bonds is 17. The van der Waals surface area contributed by atoms with Crippen LogP contribution in [-0.2, 0) is 45.7 Å². The minimum absolute atomic E-state index is 0.00993. The molecule has 0 aliphatic carbocycles. The maximum absolute atomic E-state index is 14.2. The average Bonchev–Trinajstić information content (AvgIpc) is 3.83. The summed E-state index contributed by atoms with van der Waals surface area (Å²) in [5.41, 5.74) is 3.40. The Balaban J connectivity index is 1.07. The van der Waals surface area contributed by atoms with E-state index in [2.05, 4.69) is 15.8 Å². The molecule has 15 nitrogen and oxygen atoms in total. The molecule has 2 aliphatic rings. The maximum Gasteiger partial charge on any atom is 0.355 e. The quantitative estimate of drug-likeness (QED) is 0.0225. The molecule has 6 aromatic rings. The number of amides is 2. The van der Waals surface area contributed by atoms with Crippen molar-refractivity contribution in [3.8, 4) is 17.2 Å². The molecular formula is C52H45N5O10S2. The minimum atomic E-state index is -1.08. The first-order valence-corrected chi connectivity index (χ1v) is 23.4. The van der Waals surface area contributed by atoms with Gasteiger partial charge in [-0.25, -0.2) is 9.78 Å². The van der Waals surface area contributed by atoms with Gasteiger partial charge in [0.15, 0.2) is 22.3 Å². The third-order valence-electron chi connectivity index (χ3n) is 11.0. The third-order valence-corrected chi connectivity index (χ3v) is 13.1. The Hall–Kier alpha value is -8.02. The lowest BCUT2D eigenvalue weighted by atomic mass is 9.77. The molecule has 1 fully saturated rings. The number of allylic oxidation sites excluding steroid dienone is 1. The number of hydrogen-bond acceptors (Lipinski definition) is 15. The van der Waals surface area contributed by atoms with Crippen LogP contribution in [0.4, 0.5) is 5.13 Å². The van der Waals surface area contributed by atoms with Gasteiger partial charge in [0.25, 0.3) is 11.8 Å². The first-order valence-electron chi connectivity index (χ1n) is 21.5. The molecular weight excluding hydrogens is 919 g/mol. The Morgan fingerprint density at radius 1 is 0.797 bits per heavy atom. The lowest BCUT2D eigenvalue weighted by Gasteiger charge is -2.49. The molecule has 0 radical (unpaired) electrons. The molecule has 350 valence electrons. The number of ether oxygens (including phenoxy) is 4. The number of fused-ring (bicyclic) bond motifs is 1. The molecule has 1 aromatic heterocycles. The number of β-lactam (4-membered cyclic amide) rings is 1. The first kappa shape index (κ1) is 47.5. The summed E-state index contributed by atoms with van der Waals surface area (Å²) in [5, 5.41) is 12.0. The number of thioether (sulfide) groups is 1. The van der Waals surface area contributed by atoms with E-state index in [0.29, 0.717) is 27.6 Å². The highest BCUT2D eigenvalue weighted by atomic mass is 32.2. The van der Waals surface area contributed by atoms with E-state index in [-0.39, 0.29) is 41.0 Å². The van der Waals surface area contributed by atoms with E-state index in [1.54, 1.807) is 61.0 Å². The minimum Gasteiger partial charge on any atom is -0.497 e. The first-order chi connectivity index (χ1) is 33.5. The molecule has 2 aliphatic heterocycles. The second kappa shape index (κ2) is 21.3. The molecule has 0 spiro atoms. The van der Waals surface area contributed by atoms with Crippen molar-refractivity contribution in [3.05, 3.63) is 190 Å². The largest absolute Gasteiger partial charge is 0.497 e. The monoisotopic (exact) mass is 963 g/mol. The van der Waals surface area contributed by atoms with Crippen LogP contribution in [0.1, 0.15) is 47.4 Å². The van der Waals surface area contributed by atoms with Gasteiger partial charge in [-0.05, 0) is 46.0 Å². The number of esters is 3. The summed E-state index contributed by atoms with van der Waals surface area (Å²) in [4.78, 5) is 77.8. The van der Waals surface area contributed by atoms with Gasteiger partial charge in [-0.2, -0.15) is 0 Å². The van der Waals surface area contributed by atoms with Gasteiger partial charge in [-0.3, -0.25) is 24.1 Å². The van der Waals surface area contributed by atoms with Gasteiger partial charge >= 0.3 is 17.9 Å². The smallest absolute Gasteiger partial charge is 0.355 e. The summed E-state index contributed by atoms with van der Waals surface area (Å²) in [5.74, 6) is -2.53. The number of thiazole rings is 1. The van der Waals surface area contributed by atoms with E-state index < -0.39 is 46.7 Å². The van der Waals surface area contributed by atoms with Crippen molar-refractivity contribution in [1.29, 1.82) is 0 Å². The molecule has 0 unspecified atom stereocenters. The molecule has 8 rings (SSSR count). The van der Waals surface area contributed by atoms with Crippen molar-refractivity contribution >= 4 is 69.7 Å². The van der Waals surface area contributed by atoms with Crippen molar-refractivity contribution in [2.75, 3.05) is 25.3 Å². The normalized spacial score (nSPS) is 15.7. The summed E-state index contributed by atoms with van der Waals surface area (Å²) >= 11 is 2.58. The number of hydrogen-bond donors (Lipinski definition) is 2. The van der Waals surface area contributed by atoms with Crippen LogP contribution in [0.15, 0.2) is 161 Å². The molecule has 0 bridgehead atoms. The van der Waals surface area contributed by atoms with Crippen molar-refractivity contribution < 1.29 is 47.8 Å². The lowest BCUT2D eigenvalue weighted by Crippen LogP contribution is -2.71. The SMILES string of the molecule is CON=C(C(=O)N[C@@H]1C(=O)N2C(C(=O)OCc3ccc(OC)cc3)=C(C=Cc3cccc(OC(C)=O)c3OC(C)=O)CS[C@H]12)c1csc(NC(c2ccccc2)(c2ccccc2)c2ccccc2)n1. The zero-order valence-electron chi connectivity index (χ0n) is 37.7. The zero-order valence-corrected chi connectivity index (χ0v) is 39.4. The molecule has 0 saturated carbocycles. The van der Waals surface area contributed by atoms with Gasteiger partial charge in [-0.15, -0.1) is 23.1 Å². The number of nitrogens with zero attached hydrogens (tertiary/aromatic N) is 3. The highest BCUT2D eigenvalue weighted by Gasteiger charge is 2.54. The standard InChI is InChI=1S/C52H45N5O10S2/c1-32(58)66-42-22-14-15-35(46(42)67-33(2)59)25-26-36-30-68-49-44(48(61)57(49)45(36)50(62)65-29-34-23-27-40(63-3)28-24-34)54-47(60)43(56-64-4)41-31-69-51(53-41)55-52(37-16-8-5-9-17-37,38-18-10-6-11-19-38)39-20-12-7-13-21-39/h5-28,31,44,49H,29-30H2,1-4H3,(H,53,55)(H,54,60)/t44-,49-/m1/s1. The van der Waals surface area contributed by atoms with E-state index in [0.717, 1.165) is 16.7 Å². The van der Waals surface area contributed by atoms with E-state index in [1.165, 1.54) is 55.0 Å². The highest BCUT2D eigenvalue weighted by molar-refractivity contribution is 8.00. The number of methoxy groups -OCH3 is 1. The fourth-order valence-electron chi connectivity index (χ4n) is 7.93. The third kappa shape index (κ3) is 10.3. The predicted molar refractivity (Wildman–Crippen MR) is 261 cm³/mol. The zero-order chi connectivity index (χ0) is 48.5.